The zero-order valence-corrected chi connectivity index (χ0v) is 16.7. The summed E-state index contributed by atoms with van der Waals surface area (Å²) in [5.74, 6) is 0.875. The van der Waals surface area contributed by atoms with Crippen LogP contribution in [0.15, 0.2) is 59.9 Å². The van der Waals surface area contributed by atoms with Crippen LogP contribution in [0.1, 0.15) is 26.3 Å². The van der Waals surface area contributed by atoms with E-state index in [1.165, 1.54) is 5.56 Å². The number of aromatic nitrogens is 5. The van der Waals surface area contributed by atoms with Gasteiger partial charge in [0.15, 0.2) is 5.65 Å². The Bertz CT molecular complexity index is 1070. The van der Waals surface area contributed by atoms with Gasteiger partial charge in [-0.1, -0.05) is 32.9 Å². The molecule has 0 unspecified atom stereocenters. The molecule has 0 aliphatic heterocycles. The van der Waals surface area contributed by atoms with E-state index in [4.69, 9.17) is 0 Å². The molecule has 0 saturated carbocycles. The van der Waals surface area contributed by atoms with E-state index in [0.29, 0.717) is 0 Å². The fourth-order valence-electron chi connectivity index (χ4n) is 2.80. The molecule has 4 rings (SSSR count). The number of fused-ring (bicyclic) bond motifs is 1. The van der Waals surface area contributed by atoms with Crippen LogP contribution in [0, 0.1) is 0 Å². The molecule has 3 heterocycles. The Morgan fingerprint density at radius 2 is 1.85 bits per heavy atom. The van der Waals surface area contributed by atoms with E-state index < -0.39 is 0 Å². The molecule has 0 atom stereocenters. The molecular formula is C20H22N6S. The van der Waals surface area contributed by atoms with Gasteiger partial charge in [-0.15, -0.1) is 0 Å². The highest BCUT2D eigenvalue weighted by molar-refractivity contribution is 8.00. The van der Waals surface area contributed by atoms with Gasteiger partial charge in [0.2, 0.25) is 0 Å². The Hall–Kier alpha value is -2.80. The Labute approximate surface area is 162 Å². The monoisotopic (exact) mass is 378 g/mol. The number of benzene rings is 1. The fraction of sp³-hybridized carbons (Fsp3) is 0.250. The molecule has 138 valence electrons. The van der Waals surface area contributed by atoms with Gasteiger partial charge in [0.05, 0.1) is 11.9 Å². The van der Waals surface area contributed by atoms with Crippen LogP contribution in [0.25, 0.3) is 16.9 Å². The van der Waals surface area contributed by atoms with E-state index in [1.807, 2.05) is 29.9 Å². The van der Waals surface area contributed by atoms with Crippen molar-refractivity contribution >= 4 is 23.4 Å². The SMILES string of the molecule is Cn1cc(-c2cc3nccc(NSc4ccc(C(C)(C)C)cc4)n3n2)cn1. The summed E-state index contributed by atoms with van der Waals surface area (Å²) in [5, 5.41) is 8.89. The minimum absolute atomic E-state index is 0.158. The van der Waals surface area contributed by atoms with Crippen LogP contribution in [-0.4, -0.2) is 24.4 Å². The van der Waals surface area contributed by atoms with E-state index in [2.05, 4.69) is 64.9 Å². The van der Waals surface area contributed by atoms with Crippen molar-refractivity contribution in [2.75, 3.05) is 4.72 Å². The lowest BCUT2D eigenvalue weighted by Gasteiger charge is -2.19. The number of anilines is 1. The molecule has 0 amide bonds. The second-order valence-corrected chi connectivity index (χ2v) is 8.39. The van der Waals surface area contributed by atoms with Gasteiger partial charge in [-0.05, 0) is 41.1 Å². The van der Waals surface area contributed by atoms with E-state index in [0.717, 1.165) is 27.6 Å². The van der Waals surface area contributed by atoms with Gasteiger partial charge >= 0.3 is 0 Å². The molecule has 27 heavy (non-hydrogen) atoms. The summed E-state index contributed by atoms with van der Waals surface area (Å²) in [4.78, 5) is 5.56. The molecule has 0 aliphatic rings. The summed E-state index contributed by atoms with van der Waals surface area (Å²) in [6, 6.07) is 12.5. The quantitative estimate of drug-likeness (QED) is 0.528. The third-order valence-electron chi connectivity index (χ3n) is 4.35. The van der Waals surface area contributed by atoms with E-state index in [9.17, 15) is 0 Å². The summed E-state index contributed by atoms with van der Waals surface area (Å²) < 4.78 is 6.97. The number of nitrogens with zero attached hydrogens (tertiary/aromatic N) is 5. The third-order valence-corrected chi connectivity index (χ3v) is 5.17. The molecule has 1 aromatic carbocycles. The van der Waals surface area contributed by atoms with Crippen LogP contribution in [0.4, 0.5) is 5.82 Å². The molecule has 6 nitrogen and oxygen atoms in total. The lowest BCUT2D eigenvalue weighted by Crippen LogP contribution is -2.10. The average Bonchev–Trinajstić information content (AvgIpc) is 3.25. The van der Waals surface area contributed by atoms with Gasteiger partial charge in [-0.3, -0.25) is 4.68 Å². The second-order valence-electron chi connectivity index (χ2n) is 7.51. The number of nitrogens with one attached hydrogen (secondary N) is 1. The topological polar surface area (TPSA) is 60.0 Å². The van der Waals surface area contributed by atoms with Gasteiger partial charge in [0, 0.05) is 36.0 Å². The predicted molar refractivity (Wildman–Crippen MR) is 110 cm³/mol. The molecule has 0 saturated heterocycles. The minimum Gasteiger partial charge on any atom is -0.310 e. The van der Waals surface area contributed by atoms with Crippen molar-refractivity contribution in [3.63, 3.8) is 0 Å². The van der Waals surface area contributed by atoms with Gasteiger partial charge in [-0.2, -0.15) is 14.7 Å². The predicted octanol–water partition coefficient (Wildman–Crippen LogP) is 4.55. The van der Waals surface area contributed by atoms with Gasteiger partial charge in [0.25, 0.3) is 0 Å². The van der Waals surface area contributed by atoms with Crippen molar-refractivity contribution in [1.82, 2.24) is 24.4 Å². The summed E-state index contributed by atoms with van der Waals surface area (Å²) in [6.07, 6.45) is 5.54. The van der Waals surface area contributed by atoms with Gasteiger partial charge < -0.3 is 4.72 Å². The molecule has 0 aliphatic carbocycles. The standard InChI is InChI=1S/C20H22N6S/c1-20(2,3)15-5-7-16(8-6-15)27-24-18-9-10-21-19-11-17(23-26(18)19)14-12-22-25(4)13-14/h5-13,24H,1-4H3. The highest BCUT2D eigenvalue weighted by Gasteiger charge is 2.13. The Balaban J connectivity index is 1.56. The second kappa shape index (κ2) is 6.74. The first kappa shape index (κ1) is 17.6. The number of aryl methyl sites for hydroxylation is 1. The molecule has 4 aromatic rings. The maximum Gasteiger partial charge on any atom is 0.157 e. The molecule has 0 radical (unpaired) electrons. The van der Waals surface area contributed by atoms with Crippen molar-refractivity contribution in [2.45, 2.75) is 31.1 Å². The molecule has 0 bridgehead atoms. The van der Waals surface area contributed by atoms with E-state index in [1.54, 1.807) is 29.0 Å². The molecule has 0 spiro atoms. The number of hydrogen-bond acceptors (Lipinski definition) is 5. The Kier molecular flexibility index (Phi) is 4.39. The molecular weight excluding hydrogens is 356 g/mol. The van der Waals surface area contributed by atoms with Crippen molar-refractivity contribution in [3.8, 4) is 11.3 Å². The fourth-order valence-corrected chi connectivity index (χ4v) is 3.45. The first-order valence-corrected chi connectivity index (χ1v) is 9.59. The van der Waals surface area contributed by atoms with Crippen LogP contribution < -0.4 is 4.72 Å². The average molecular weight is 379 g/mol. The first-order chi connectivity index (χ1) is 12.9. The normalized spacial score (nSPS) is 11.9. The highest BCUT2D eigenvalue weighted by Crippen LogP contribution is 2.27. The van der Waals surface area contributed by atoms with Crippen LogP contribution >= 0.6 is 11.9 Å². The van der Waals surface area contributed by atoms with Crippen LogP contribution in [0.2, 0.25) is 0 Å². The highest BCUT2D eigenvalue weighted by atomic mass is 32.2. The Morgan fingerprint density at radius 1 is 1.07 bits per heavy atom. The Morgan fingerprint density at radius 3 is 2.52 bits per heavy atom. The van der Waals surface area contributed by atoms with Crippen molar-refractivity contribution in [3.05, 3.63) is 60.6 Å². The van der Waals surface area contributed by atoms with Crippen LogP contribution in [0.5, 0.6) is 0 Å². The zero-order valence-electron chi connectivity index (χ0n) is 15.8. The molecule has 1 N–H and O–H groups in total. The maximum atomic E-state index is 4.68. The first-order valence-electron chi connectivity index (χ1n) is 8.77. The van der Waals surface area contributed by atoms with E-state index in [-0.39, 0.29) is 5.41 Å². The van der Waals surface area contributed by atoms with E-state index >= 15 is 0 Å². The van der Waals surface area contributed by atoms with Crippen LogP contribution in [-0.2, 0) is 12.5 Å². The molecule has 7 heteroatoms. The largest absolute Gasteiger partial charge is 0.310 e. The smallest absolute Gasteiger partial charge is 0.157 e. The summed E-state index contributed by atoms with van der Waals surface area (Å²) in [5.41, 5.74) is 4.10. The van der Waals surface area contributed by atoms with Crippen molar-refractivity contribution in [2.24, 2.45) is 7.05 Å². The van der Waals surface area contributed by atoms with Gasteiger partial charge in [-0.25, -0.2) is 4.98 Å². The lowest BCUT2D eigenvalue weighted by molar-refractivity contribution is 0.590. The lowest BCUT2D eigenvalue weighted by atomic mass is 9.87. The third kappa shape index (κ3) is 3.68. The molecule has 3 aromatic heterocycles. The zero-order chi connectivity index (χ0) is 19.0. The van der Waals surface area contributed by atoms with Gasteiger partial charge in [0.1, 0.15) is 5.82 Å². The van der Waals surface area contributed by atoms with Crippen molar-refractivity contribution in [1.29, 1.82) is 0 Å². The van der Waals surface area contributed by atoms with Crippen LogP contribution in [0.3, 0.4) is 0 Å². The maximum absolute atomic E-state index is 4.68. The number of rotatable bonds is 4. The summed E-state index contributed by atoms with van der Waals surface area (Å²) in [6.45, 7) is 6.66. The number of hydrogen-bond donors (Lipinski definition) is 1. The minimum atomic E-state index is 0.158. The summed E-state index contributed by atoms with van der Waals surface area (Å²) in [7, 11) is 1.89. The van der Waals surface area contributed by atoms with Crippen molar-refractivity contribution < 1.29 is 0 Å². The molecule has 0 fully saturated rings. The summed E-state index contributed by atoms with van der Waals surface area (Å²) >= 11 is 1.56.